The van der Waals surface area contributed by atoms with Gasteiger partial charge >= 0.3 is 0 Å². The average Bonchev–Trinajstić information content (AvgIpc) is 2.59. The van der Waals surface area contributed by atoms with Crippen molar-refractivity contribution in [2.24, 2.45) is 0 Å². The summed E-state index contributed by atoms with van der Waals surface area (Å²) >= 11 is 1.34. The molecule has 25 heavy (non-hydrogen) atoms. The average molecular weight is 353 g/mol. The lowest BCUT2D eigenvalue weighted by atomic mass is 10.1. The molecular formula is C20H23N3OS. The van der Waals surface area contributed by atoms with Crippen molar-refractivity contribution in [2.75, 3.05) is 12.8 Å². The normalized spacial score (nSPS) is 10.4. The number of nitrogens with zero attached hydrogens (tertiary/aromatic N) is 3. The molecule has 1 amide bonds. The Balaban J connectivity index is 2.08. The standard InChI is InChI=1S/C20H23N3OS/c1-13-8-6-7-9-17(13)11-23(5)19(24)12-25-20-18(10-21)15(3)14(2)16(4)22-20/h6-9H,11-12H2,1-5H3. The molecule has 2 aromatic rings. The Labute approximate surface area is 153 Å². The molecule has 5 heteroatoms. The second-order valence-electron chi connectivity index (χ2n) is 6.20. The summed E-state index contributed by atoms with van der Waals surface area (Å²) in [6.45, 7) is 8.45. The van der Waals surface area contributed by atoms with Gasteiger partial charge in [0.05, 0.1) is 11.3 Å². The minimum absolute atomic E-state index is 0.0230. The molecule has 1 aromatic carbocycles. The van der Waals surface area contributed by atoms with Gasteiger partial charge < -0.3 is 4.90 Å². The van der Waals surface area contributed by atoms with E-state index in [1.54, 1.807) is 11.9 Å². The molecule has 0 aliphatic rings. The van der Waals surface area contributed by atoms with Crippen LogP contribution in [0.5, 0.6) is 0 Å². The molecule has 0 saturated heterocycles. The van der Waals surface area contributed by atoms with Gasteiger partial charge in [-0.2, -0.15) is 5.26 Å². The number of carbonyl (C=O) groups is 1. The topological polar surface area (TPSA) is 57.0 Å². The van der Waals surface area contributed by atoms with Crippen LogP contribution in [0.25, 0.3) is 0 Å². The Kier molecular flexibility index (Phi) is 6.22. The highest BCUT2D eigenvalue weighted by molar-refractivity contribution is 8.00. The first-order valence-electron chi connectivity index (χ1n) is 8.14. The Hall–Kier alpha value is -2.32. The quantitative estimate of drug-likeness (QED) is 0.764. The van der Waals surface area contributed by atoms with Gasteiger partial charge in [-0.25, -0.2) is 4.98 Å². The SMILES string of the molecule is Cc1ccccc1CN(C)C(=O)CSc1nc(C)c(C)c(C)c1C#N. The summed E-state index contributed by atoms with van der Waals surface area (Å²) in [5.41, 5.74) is 5.76. The van der Waals surface area contributed by atoms with Crippen LogP contribution in [0.2, 0.25) is 0 Å². The van der Waals surface area contributed by atoms with Gasteiger partial charge in [-0.15, -0.1) is 0 Å². The maximum Gasteiger partial charge on any atom is 0.233 e. The molecule has 4 nitrogen and oxygen atoms in total. The lowest BCUT2D eigenvalue weighted by Crippen LogP contribution is -2.28. The van der Waals surface area contributed by atoms with Gasteiger partial charge in [0.1, 0.15) is 11.1 Å². The fourth-order valence-corrected chi connectivity index (χ4v) is 3.54. The van der Waals surface area contributed by atoms with Crippen LogP contribution in [-0.4, -0.2) is 28.6 Å². The van der Waals surface area contributed by atoms with E-state index >= 15 is 0 Å². The molecule has 1 aromatic heterocycles. The molecule has 0 fully saturated rings. The third-order valence-electron chi connectivity index (χ3n) is 4.50. The van der Waals surface area contributed by atoms with Gasteiger partial charge in [-0.1, -0.05) is 36.0 Å². The number of nitriles is 1. The number of benzene rings is 1. The number of aromatic nitrogens is 1. The first-order chi connectivity index (χ1) is 11.8. The molecule has 1 heterocycles. The maximum absolute atomic E-state index is 12.5. The fraction of sp³-hybridized carbons (Fsp3) is 0.350. The van der Waals surface area contributed by atoms with Crippen LogP contribution in [0.1, 0.15) is 33.5 Å². The van der Waals surface area contributed by atoms with Crippen LogP contribution in [-0.2, 0) is 11.3 Å². The van der Waals surface area contributed by atoms with E-state index in [2.05, 4.69) is 11.1 Å². The summed E-state index contributed by atoms with van der Waals surface area (Å²) < 4.78 is 0. The molecule has 2 rings (SSSR count). The fourth-order valence-electron chi connectivity index (χ4n) is 2.52. The third kappa shape index (κ3) is 4.40. The number of pyridine rings is 1. The van der Waals surface area contributed by atoms with Gasteiger partial charge in [0.25, 0.3) is 0 Å². The van der Waals surface area contributed by atoms with Crippen LogP contribution in [0.15, 0.2) is 29.3 Å². The molecule has 0 unspecified atom stereocenters. The van der Waals surface area contributed by atoms with E-state index in [1.807, 2.05) is 52.0 Å². The first kappa shape index (κ1) is 19.0. The highest BCUT2D eigenvalue weighted by Crippen LogP contribution is 2.26. The highest BCUT2D eigenvalue weighted by atomic mass is 32.2. The summed E-state index contributed by atoms with van der Waals surface area (Å²) in [6, 6.07) is 10.3. The minimum atomic E-state index is 0.0230. The molecule has 130 valence electrons. The maximum atomic E-state index is 12.5. The number of amides is 1. The van der Waals surface area contributed by atoms with Gasteiger partial charge in [0.2, 0.25) is 5.91 Å². The van der Waals surface area contributed by atoms with Crippen molar-refractivity contribution in [3.05, 3.63) is 57.8 Å². The van der Waals surface area contributed by atoms with E-state index in [-0.39, 0.29) is 11.7 Å². The molecule has 0 radical (unpaired) electrons. The number of aryl methyl sites for hydroxylation is 2. The molecule has 0 N–H and O–H groups in total. The summed E-state index contributed by atoms with van der Waals surface area (Å²) in [4.78, 5) is 18.7. The Morgan fingerprint density at radius 1 is 1.20 bits per heavy atom. The zero-order valence-corrected chi connectivity index (χ0v) is 16.2. The molecule has 0 aliphatic heterocycles. The zero-order valence-electron chi connectivity index (χ0n) is 15.4. The van der Waals surface area contributed by atoms with E-state index in [0.29, 0.717) is 17.1 Å². The predicted octanol–water partition coefficient (Wildman–Crippen LogP) is 3.94. The smallest absolute Gasteiger partial charge is 0.233 e. The van der Waals surface area contributed by atoms with Crippen molar-refractivity contribution in [1.82, 2.24) is 9.88 Å². The summed E-state index contributed by atoms with van der Waals surface area (Å²) in [7, 11) is 1.81. The van der Waals surface area contributed by atoms with Crippen LogP contribution < -0.4 is 0 Å². The Morgan fingerprint density at radius 2 is 1.88 bits per heavy atom. The van der Waals surface area contributed by atoms with Crippen molar-refractivity contribution < 1.29 is 4.79 Å². The minimum Gasteiger partial charge on any atom is -0.341 e. The van der Waals surface area contributed by atoms with Gasteiger partial charge in [-0.05, 0) is 49.9 Å². The van der Waals surface area contributed by atoms with E-state index in [0.717, 1.165) is 22.4 Å². The number of hydrogen-bond acceptors (Lipinski definition) is 4. The largest absolute Gasteiger partial charge is 0.341 e. The molecule has 0 saturated carbocycles. The van der Waals surface area contributed by atoms with Crippen LogP contribution in [0, 0.1) is 39.0 Å². The van der Waals surface area contributed by atoms with Crippen LogP contribution in [0.3, 0.4) is 0 Å². The van der Waals surface area contributed by atoms with Crippen molar-refractivity contribution in [2.45, 2.75) is 39.3 Å². The van der Waals surface area contributed by atoms with Gasteiger partial charge in [0.15, 0.2) is 0 Å². The monoisotopic (exact) mass is 353 g/mol. The second kappa shape index (κ2) is 8.17. The summed E-state index contributed by atoms with van der Waals surface area (Å²) in [5, 5.41) is 10.1. The summed E-state index contributed by atoms with van der Waals surface area (Å²) in [6.07, 6.45) is 0. The van der Waals surface area contributed by atoms with Crippen molar-refractivity contribution >= 4 is 17.7 Å². The lowest BCUT2D eigenvalue weighted by Gasteiger charge is -2.18. The van der Waals surface area contributed by atoms with Crippen molar-refractivity contribution in [1.29, 1.82) is 5.26 Å². The van der Waals surface area contributed by atoms with E-state index in [1.165, 1.54) is 17.3 Å². The number of hydrogen-bond donors (Lipinski definition) is 0. The molecular weight excluding hydrogens is 330 g/mol. The predicted molar refractivity (Wildman–Crippen MR) is 102 cm³/mol. The molecule has 0 bridgehead atoms. The Bertz CT molecular complexity index is 840. The van der Waals surface area contributed by atoms with Crippen molar-refractivity contribution in [3.63, 3.8) is 0 Å². The highest BCUT2D eigenvalue weighted by Gasteiger charge is 2.16. The lowest BCUT2D eigenvalue weighted by molar-refractivity contribution is -0.127. The van der Waals surface area contributed by atoms with Gasteiger partial charge in [0, 0.05) is 19.3 Å². The number of carbonyl (C=O) groups excluding carboxylic acids is 1. The zero-order chi connectivity index (χ0) is 18.6. The Morgan fingerprint density at radius 3 is 2.52 bits per heavy atom. The van der Waals surface area contributed by atoms with Crippen LogP contribution in [0.4, 0.5) is 0 Å². The third-order valence-corrected chi connectivity index (χ3v) is 5.46. The molecule has 0 spiro atoms. The first-order valence-corrected chi connectivity index (χ1v) is 9.12. The van der Waals surface area contributed by atoms with Crippen molar-refractivity contribution in [3.8, 4) is 6.07 Å². The van der Waals surface area contributed by atoms with E-state index in [9.17, 15) is 10.1 Å². The molecule has 0 aliphatic carbocycles. The summed E-state index contributed by atoms with van der Waals surface area (Å²) in [5.74, 6) is 0.293. The van der Waals surface area contributed by atoms with E-state index in [4.69, 9.17) is 0 Å². The van der Waals surface area contributed by atoms with Crippen LogP contribution >= 0.6 is 11.8 Å². The number of thioether (sulfide) groups is 1. The molecule has 0 atom stereocenters. The second-order valence-corrected chi connectivity index (χ2v) is 7.17. The number of rotatable bonds is 5. The van der Waals surface area contributed by atoms with Gasteiger partial charge in [-0.3, -0.25) is 4.79 Å². The van der Waals surface area contributed by atoms with E-state index < -0.39 is 0 Å².